The second kappa shape index (κ2) is 5.31. The molecule has 0 spiro atoms. The van der Waals surface area contributed by atoms with E-state index in [-0.39, 0.29) is 0 Å². The van der Waals surface area contributed by atoms with Gasteiger partial charge in [0.05, 0.1) is 0 Å². The summed E-state index contributed by atoms with van der Waals surface area (Å²) < 4.78 is 0. The van der Waals surface area contributed by atoms with E-state index in [4.69, 9.17) is 0 Å². The van der Waals surface area contributed by atoms with Gasteiger partial charge < -0.3 is 5.32 Å². The van der Waals surface area contributed by atoms with Crippen LogP contribution in [0.15, 0.2) is 0 Å². The van der Waals surface area contributed by atoms with Gasteiger partial charge in [-0.05, 0) is 45.2 Å². The minimum Gasteiger partial charge on any atom is -0.313 e. The van der Waals surface area contributed by atoms with E-state index in [2.05, 4.69) is 24.1 Å². The highest BCUT2D eigenvalue weighted by atomic mass is 15.2. The fourth-order valence-corrected chi connectivity index (χ4v) is 3.28. The quantitative estimate of drug-likeness (QED) is 0.714. The molecular weight excluding hydrogens is 184 g/mol. The van der Waals surface area contributed by atoms with E-state index < -0.39 is 0 Å². The summed E-state index contributed by atoms with van der Waals surface area (Å²) in [5.41, 5.74) is 0. The summed E-state index contributed by atoms with van der Waals surface area (Å²) in [5.74, 6) is 0.920. The van der Waals surface area contributed by atoms with Gasteiger partial charge in [-0.15, -0.1) is 0 Å². The van der Waals surface area contributed by atoms with Gasteiger partial charge in [0.2, 0.25) is 0 Å². The van der Waals surface area contributed by atoms with Crippen LogP contribution in [0.25, 0.3) is 0 Å². The first-order valence-corrected chi connectivity index (χ1v) is 6.75. The Hall–Kier alpha value is -0.0800. The molecular formula is C13H26N2. The first-order valence-electron chi connectivity index (χ1n) is 6.75. The molecule has 0 radical (unpaired) electrons. The molecule has 1 saturated carbocycles. The van der Waals surface area contributed by atoms with Crippen LogP contribution in [0.4, 0.5) is 0 Å². The van der Waals surface area contributed by atoms with Crippen LogP contribution in [0.3, 0.4) is 0 Å². The second-order valence-corrected chi connectivity index (χ2v) is 5.53. The maximum atomic E-state index is 3.59. The highest BCUT2D eigenvalue weighted by Gasteiger charge is 2.28. The average molecular weight is 210 g/mol. The van der Waals surface area contributed by atoms with E-state index in [1.165, 1.54) is 51.7 Å². The number of nitrogens with one attached hydrogen (secondary N) is 1. The minimum absolute atomic E-state index is 0.682. The zero-order valence-electron chi connectivity index (χ0n) is 10.3. The van der Waals surface area contributed by atoms with Gasteiger partial charge in [-0.1, -0.05) is 19.8 Å². The molecule has 0 amide bonds. The van der Waals surface area contributed by atoms with Crippen molar-refractivity contribution in [2.24, 2.45) is 5.92 Å². The van der Waals surface area contributed by atoms with Crippen LogP contribution in [-0.4, -0.2) is 36.6 Å². The van der Waals surface area contributed by atoms with E-state index in [1.54, 1.807) is 0 Å². The Bertz CT molecular complexity index is 193. The monoisotopic (exact) mass is 210 g/mol. The molecule has 2 rings (SSSR count). The predicted octanol–water partition coefficient (Wildman–Crippen LogP) is 2.25. The largest absolute Gasteiger partial charge is 0.313 e. The number of hydrogen-bond acceptors (Lipinski definition) is 2. The van der Waals surface area contributed by atoms with Gasteiger partial charge in [0.15, 0.2) is 0 Å². The maximum Gasteiger partial charge on any atom is 0.0166 e. The van der Waals surface area contributed by atoms with E-state index in [0.29, 0.717) is 6.04 Å². The third kappa shape index (κ3) is 2.94. The molecule has 2 aliphatic rings. The molecule has 2 heteroatoms. The lowest BCUT2D eigenvalue weighted by atomic mass is 9.84. The van der Waals surface area contributed by atoms with Crippen molar-refractivity contribution < 1.29 is 0 Å². The lowest BCUT2D eigenvalue weighted by molar-refractivity contribution is 0.111. The van der Waals surface area contributed by atoms with Crippen LogP contribution < -0.4 is 5.32 Å². The Labute approximate surface area is 94.4 Å². The molecule has 3 unspecified atom stereocenters. The number of nitrogens with zero attached hydrogens (tertiary/aromatic N) is 1. The number of hydrogen-bond donors (Lipinski definition) is 1. The standard InChI is InChI=1S/C13H26N2/c1-11-6-3-4-7-13(11)15-9-5-8-14-12(2)10-15/h11-14H,3-10H2,1-2H3. The first-order chi connectivity index (χ1) is 7.27. The predicted molar refractivity (Wildman–Crippen MR) is 65.1 cm³/mol. The summed E-state index contributed by atoms with van der Waals surface area (Å²) >= 11 is 0. The summed E-state index contributed by atoms with van der Waals surface area (Å²) in [4.78, 5) is 2.76. The Morgan fingerprint density at radius 2 is 1.87 bits per heavy atom. The van der Waals surface area contributed by atoms with Crippen LogP contribution in [0.2, 0.25) is 0 Å². The zero-order chi connectivity index (χ0) is 10.7. The number of rotatable bonds is 1. The Morgan fingerprint density at radius 1 is 1.07 bits per heavy atom. The van der Waals surface area contributed by atoms with Crippen LogP contribution in [0.1, 0.15) is 46.0 Å². The van der Waals surface area contributed by atoms with Crippen molar-refractivity contribution in [3.63, 3.8) is 0 Å². The highest BCUT2D eigenvalue weighted by molar-refractivity contribution is 4.84. The van der Waals surface area contributed by atoms with Gasteiger partial charge in [0, 0.05) is 18.6 Å². The smallest absolute Gasteiger partial charge is 0.0166 e. The van der Waals surface area contributed by atoms with Crippen LogP contribution in [-0.2, 0) is 0 Å². The third-order valence-electron chi connectivity index (χ3n) is 4.16. The fraction of sp³-hybridized carbons (Fsp3) is 1.00. The topological polar surface area (TPSA) is 15.3 Å². The summed E-state index contributed by atoms with van der Waals surface area (Å²) in [6.45, 7) is 8.55. The molecule has 3 atom stereocenters. The molecule has 1 N–H and O–H groups in total. The van der Waals surface area contributed by atoms with Crippen molar-refractivity contribution in [3.8, 4) is 0 Å². The van der Waals surface area contributed by atoms with Crippen molar-refractivity contribution in [1.82, 2.24) is 10.2 Å². The average Bonchev–Trinajstić information content (AvgIpc) is 2.43. The van der Waals surface area contributed by atoms with Gasteiger partial charge in [-0.3, -0.25) is 4.90 Å². The Morgan fingerprint density at radius 3 is 2.67 bits per heavy atom. The first kappa shape index (κ1) is 11.4. The summed E-state index contributed by atoms with van der Waals surface area (Å²) in [6.07, 6.45) is 7.12. The van der Waals surface area contributed by atoms with E-state index in [0.717, 1.165) is 12.0 Å². The molecule has 1 heterocycles. The molecule has 0 aromatic carbocycles. The van der Waals surface area contributed by atoms with Gasteiger partial charge in [0.1, 0.15) is 0 Å². The third-order valence-corrected chi connectivity index (χ3v) is 4.16. The molecule has 1 saturated heterocycles. The van der Waals surface area contributed by atoms with Crippen LogP contribution in [0.5, 0.6) is 0 Å². The van der Waals surface area contributed by atoms with Gasteiger partial charge >= 0.3 is 0 Å². The summed E-state index contributed by atoms with van der Waals surface area (Å²) in [7, 11) is 0. The van der Waals surface area contributed by atoms with Crippen molar-refractivity contribution in [3.05, 3.63) is 0 Å². The normalized spacial score (nSPS) is 40.0. The Balaban J connectivity index is 1.94. The highest BCUT2D eigenvalue weighted by Crippen LogP contribution is 2.28. The zero-order valence-corrected chi connectivity index (χ0v) is 10.3. The van der Waals surface area contributed by atoms with E-state index in [1.807, 2.05) is 0 Å². The second-order valence-electron chi connectivity index (χ2n) is 5.53. The molecule has 0 aromatic rings. The molecule has 0 bridgehead atoms. The molecule has 0 aromatic heterocycles. The minimum atomic E-state index is 0.682. The van der Waals surface area contributed by atoms with Crippen LogP contribution in [0, 0.1) is 5.92 Å². The van der Waals surface area contributed by atoms with Gasteiger partial charge in [-0.25, -0.2) is 0 Å². The maximum absolute atomic E-state index is 3.59. The van der Waals surface area contributed by atoms with Crippen LogP contribution >= 0.6 is 0 Å². The molecule has 2 fully saturated rings. The van der Waals surface area contributed by atoms with Crippen molar-refractivity contribution in [2.45, 2.75) is 58.0 Å². The van der Waals surface area contributed by atoms with E-state index in [9.17, 15) is 0 Å². The lowest BCUT2D eigenvalue weighted by Crippen LogP contribution is -2.45. The SMILES string of the molecule is CC1CN(C2CCCCC2C)CCCN1. The molecule has 1 aliphatic carbocycles. The van der Waals surface area contributed by atoms with Gasteiger partial charge in [-0.2, -0.15) is 0 Å². The molecule has 88 valence electrons. The van der Waals surface area contributed by atoms with Crippen molar-refractivity contribution in [1.29, 1.82) is 0 Å². The van der Waals surface area contributed by atoms with Crippen molar-refractivity contribution in [2.75, 3.05) is 19.6 Å². The molecule has 2 nitrogen and oxygen atoms in total. The summed E-state index contributed by atoms with van der Waals surface area (Å²) in [5, 5.41) is 3.59. The van der Waals surface area contributed by atoms with Crippen molar-refractivity contribution >= 4 is 0 Å². The lowest BCUT2D eigenvalue weighted by Gasteiger charge is -2.38. The Kier molecular flexibility index (Phi) is 4.04. The van der Waals surface area contributed by atoms with Gasteiger partial charge in [0.25, 0.3) is 0 Å². The summed E-state index contributed by atoms with van der Waals surface area (Å²) in [6, 6.07) is 1.56. The van der Waals surface area contributed by atoms with E-state index >= 15 is 0 Å². The fourth-order valence-electron chi connectivity index (χ4n) is 3.28. The molecule has 1 aliphatic heterocycles. The molecule has 15 heavy (non-hydrogen) atoms.